The van der Waals surface area contributed by atoms with Crippen molar-refractivity contribution in [1.29, 1.82) is 0 Å². The third-order valence-corrected chi connectivity index (χ3v) is 3.97. The molecule has 126 valence electrons. The highest BCUT2D eigenvalue weighted by Gasteiger charge is 2.27. The first kappa shape index (κ1) is 17.2. The average Bonchev–Trinajstić information content (AvgIpc) is 2.77. The van der Waals surface area contributed by atoms with Gasteiger partial charge in [-0.05, 0) is 24.3 Å². The summed E-state index contributed by atoms with van der Waals surface area (Å²) in [7, 11) is -1.80. The predicted octanol–water partition coefficient (Wildman–Crippen LogP) is 2.65. The second-order valence-electron chi connectivity index (χ2n) is 5.13. The van der Waals surface area contributed by atoms with Gasteiger partial charge in [-0.1, -0.05) is 0 Å². The maximum absolute atomic E-state index is 13.5. The monoisotopic (exact) mass is 346 g/mol. The highest BCUT2D eigenvalue weighted by Crippen LogP contribution is 2.27. The Balaban J connectivity index is 2.15. The van der Waals surface area contributed by atoms with Crippen molar-refractivity contribution < 1.29 is 26.7 Å². The molecule has 0 N–H and O–H groups in total. The first-order valence-corrected chi connectivity index (χ1v) is 8.46. The molecular weight excluding hydrogens is 330 g/mol. The van der Waals surface area contributed by atoms with Gasteiger partial charge in [0.25, 0.3) is 5.85 Å². The molecule has 0 saturated heterocycles. The van der Waals surface area contributed by atoms with Crippen LogP contribution in [-0.4, -0.2) is 37.0 Å². The first-order valence-electron chi connectivity index (χ1n) is 6.57. The van der Waals surface area contributed by atoms with Crippen LogP contribution in [0.25, 0.3) is 0 Å². The minimum absolute atomic E-state index is 0.00425. The van der Waals surface area contributed by atoms with Crippen LogP contribution in [0.2, 0.25) is 0 Å². The van der Waals surface area contributed by atoms with Gasteiger partial charge in [0.15, 0.2) is 16.5 Å². The van der Waals surface area contributed by atoms with Gasteiger partial charge in [-0.3, -0.25) is 0 Å². The fourth-order valence-electron chi connectivity index (χ4n) is 1.69. The SMILES string of the molecule is Cn1nc(Oc2ccc(S(C)(=O)=O)cc2)cc1OC(C)(F)CF. The molecule has 2 rings (SSSR count). The number of aryl methyl sites for hydroxylation is 1. The highest BCUT2D eigenvalue weighted by atomic mass is 32.2. The number of hydrogen-bond donors (Lipinski definition) is 0. The van der Waals surface area contributed by atoms with E-state index in [1.165, 1.54) is 42.1 Å². The number of ether oxygens (including phenoxy) is 2. The van der Waals surface area contributed by atoms with Crippen LogP contribution in [0.4, 0.5) is 8.78 Å². The van der Waals surface area contributed by atoms with Gasteiger partial charge in [-0.25, -0.2) is 17.5 Å². The van der Waals surface area contributed by atoms with Crippen LogP contribution in [0.1, 0.15) is 6.92 Å². The molecule has 1 aromatic heterocycles. The van der Waals surface area contributed by atoms with E-state index in [0.29, 0.717) is 5.75 Å². The lowest BCUT2D eigenvalue weighted by Crippen LogP contribution is -2.29. The summed E-state index contributed by atoms with van der Waals surface area (Å²) < 4.78 is 60.3. The summed E-state index contributed by atoms with van der Waals surface area (Å²) in [5.41, 5.74) is 0. The minimum Gasteiger partial charge on any atom is -0.438 e. The molecule has 0 aliphatic carbocycles. The zero-order valence-electron chi connectivity index (χ0n) is 12.8. The van der Waals surface area contributed by atoms with Crippen molar-refractivity contribution in [2.45, 2.75) is 17.7 Å². The van der Waals surface area contributed by atoms with Crippen LogP contribution in [0.15, 0.2) is 35.2 Å². The van der Waals surface area contributed by atoms with Crippen LogP contribution in [0.3, 0.4) is 0 Å². The molecule has 1 heterocycles. The summed E-state index contributed by atoms with van der Waals surface area (Å²) in [5, 5.41) is 3.96. The Labute approximate surface area is 132 Å². The van der Waals surface area contributed by atoms with Crippen LogP contribution >= 0.6 is 0 Å². The molecule has 9 heteroatoms. The van der Waals surface area contributed by atoms with E-state index >= 15 is 0 Å². The van der Waals surface area contributed by atoms with Crippen LogP contribution in [0, 0.1) is 0 Å². The molecule has 1 aromatic carbocycles. The molecule has 0 aliphatic rings. The third-order valence-electron chi connectivity index (χ3n) is 2.84. The molecule has 0 fully saturated rings. The van der Waals surface area contributed by atoms with E-state index in [0.717, 1.165) is 13.2 Å². The van der Waals surface area contributed by atoms with E-state index in [9.17, 15) is 17.2 Å². The molecular formula is C14H16F2N2O4S. The lowest BCUT2D eigenvalue weighted by Gasteiger charge is -2.17. The zero-order chi connectivity index (χ0) is 17.3. The number of hydrogen-bond acceptors (Lipinski definition) is 5. The van der Waals surface area contributed by atoms with Crippen molar-refractivity contribution in [2.75, 3.05) is 12.9 Å². The summed E-state index contributed by atoms with van der Waals surface area (Å²) in [5.74, 6) is -2.02. The molecule has 0 bridgehead atoms. The van der Waals surface area contributed by atoms with Crippen LogP contribution < -0.4 is 9.47 Å². The normalized spacial score (nSPS) is 14.3. The van der Waals surface area contributed by atoms with E-state index in [1.54, 1.807) is 0 Å². The van der Waals surface area contributed by atoms with Crippen molar-refractivity contribution in [3.05, 3.63) is 30.3 Å². The number of benzene rings is 1. The maximum Gasteiger partial charge on any atom is 0.275 e. The molecule has 2 aromatic rings. The Morgan fingerprint density at radius 2 is 1.91 bits per heavy atom. The largest absolute Gasteiger partial charge is 0.438 e. The van der Waals surface area contributed by atoms with E-state index in [1.807, 2.05) is 0 Å². The van der Waals surface area contributed by atoms with Gasteiger partial charge in [-0.15, -0.1) is 5.10 Å². The number of rotatable bonds is 6. The fourth-order valence-corrected chi connectivity index (χ4v) is 2.32. The summed E-state index contributed by atoms with van der Waals surface area (Å²) in [6.45, 7) is -0.342. The number of nitrogens with zero attached hydrogens (tertiary/aromatic N) is 2. The Hall–Kier alpha value is -2.16. The predicted molar refractivity (Wildman–Crippen MR) is 78.9 cm³/mol. The molecule has 6 nitrogen and oxygen atoms in total. The van der Waals surface area contributed by atoms with Gasteiger partial charge < -0.3 is 9.47 Å². The second-order valence-corrected chi connectivity index (χ2v) is 7.14. The van der Waals surface area contributed by atoms with E-state index in [-0.39, 0.29) is 16.7 Å². The van der Waals surface area contributed by atoms with Crippen molar-refractivity contribution in [2.24, 2.45) is 7.05 Å². The highest BCUT2D eigenvalue weighted by molar-refractivity contribution is 7.90. The fraction of sp³-hybridized carbons (Fsp3) is 0.357. The van der Waals surface area contributed by atoms with Gasteiger partial charge in [0, 0.05) is 20.2 Å². The quantitative estimate of drug-likeness (QED) is 0.804. The molecule has 1 unspecified atom stereocenters. The number of aromatic nitrogens is 2. The number of sulfone groups is 1. The van der Waals surface area contributed by atoms with Crippen molar-refractivity contribution in [3.8, 4) is 17.5 Å². The van der Waals surface area contributed by atoms with Gasteiger partial charge in [0.1, 0.15) is 5.75 Å². The maximum atomic E-state index is 13.5. The van der Waals surface area contributed by atoms with Crippen molar-refractivity contribution in [1.82, 2.24) is 9.78 Å². The molecule has 0 spiro atoms. The van der Waals surface area contributed by atoms with Crippen LogP contribution in [0.5, 0.6) is 17.5 Å². The summed E-state index contributed by atoms with van der Waals surface area (Å²) in [6, 6.07) is 7.02. The van der Waals surface area contributed by atoms with Gasteiger partial charge in [0.05, 0.1) is 11.0 Å². The average molecular weight is 346 g/mol. The van der Waals surface area contributed by atoms with Crippen molar-refractivity contribution in [3.63, 3.8) is 0 Å². The lowest BCUT2D eigenvalue weighted by molar-refractivity contribution is -0.0677. The summed E-state index contributed by atoms with van der Waals surface area (Å²) in [6.07, 6.45) is 1.10. The molecule has 0 radical (unpaired) electrons. The lowest BCUT2D eigenvalue weighted by atomic mass is 10.3. The molecule has 23 heavy (non-hydrogen) atoms. The van der Waals surface area contributed by atoms with E-state index < -0.39 is 22.4 Å². The summed E-state index contributed by atoms with van der Waals surface area (Å²) in [4.78, 5) is 0.158. The Kier molecular flexibility index (Phi) is 4.60. The standard InChI is InChI=1S/C14H16F2N2O4S/c1-14(16,9-15)22-13-8-12(17-18(13)2)21-10-4-6-11(7-5-10)23(3,19)20/h4-8H,9H2,1-3H3. The Morgan fingerprint density at radius 1 is 1.30 bits per heavy atom. The molecule has 0 aliphatic heterocycles. The Morgan fingerprint density at radius 3 is 2.43 bits per heavy atom. The topological polar surface area (TPSA) is 70.4 Å². The Bertz CT molecular complexity index is 786. The van der Waals surface area contributed by atoms with E-state index in [2.05, 4.69) is 5.10 Å². The first-order chi connectivity index (χ1) is 10.6. The van der Waals surface area contributed by atoms with Gasteiger partial charge in [0.2, 0.25) is 11.8 Å². The minimum atomic E-state index is -3.29. The number of alkyl halides is 2. The smallest absolute Gasteiger partial charge is 0.275 e. The van der Waals surface area contributed by atoms with Crippen LogP contribution in [-0.2, 0) is 16.9 Å². The van der Waals surface area contributed by atoms with Crippen molar-refractivity contribution >= 4 is 9.84 Å². The second kappa shape index (κ2) is 6.15. The van der Waals surface area contributed by atoms with Gasteiger partial charge >= 0.3 is 0 Å². The number of halogens is 2. The zero-order valence-corrected chi connectivity index (χ0v) is 13.6. The third kappa shape index (κ3) is 4.41. The van der Waals surface area contributed by atoms with E-state index in [4.69, 9.17) is 9.47 Å². The summed E-state index contributed by atoms with van der Waals surface area (Å²) >= 11 is 0. The molecule has 0 saturated carbocycles. The van der Waals surface area contributed by atoms with Gasteiger partial charge in [-0.2, -0.15) is 4.39 Å². The molecule has 0 amide bonds. The molecule has 1 atom stereocenters.